The summed E-state index contributed by atoms with van der Waals surface area (Å²) in [4.78, 5) is 0. The Labute approximate surface area is 123 Å². The van der Waals surface area contributed by atoms with Crippen LogP contribution in [0, 0.1) is 0 Å². The lowest BCUT2D eigenvalue weighted by atomic mass is 10.2. The fraction of sp³-hybridized carbons (Fsp3) is 0.385. The summed E-state index contributed by atoms with van der Waals surface area (Å²) in [6.45, 7) is 4.84. The van der Waals surface area contributed by atoms with E-state index in [9.17, 15) is 8.42 Å². The van der Waals surface area contributed by atoms with Crippen molar-refractivity contribution in [2.75, 3.05) is 6.61 Å². The van der Waals surface area contributed by atoms with Crippen LogP contribution in [0.4, 0.5) is 0 Å². The van der Waals surface area contributed by atoms with Crippen LogP contribution in [0.15, 0.2) is 29.4 Å². The van der Waals surface area contributed by atoms with Crippen molar-refractivity contribution in [1.82, 2.24) is 14.8 Å². The number of aromatic nitrogens is 3. The summed E-state index contributed by atoms with van der Waals surface area (Å²) in [5.74, 6) is 1.15. The van der Waals surface area contributed by atoms with Crippen LogP contribution in [-0.4, -0.2) is 29.8 Å². The summed E-state index contributed by atoms with van der Waals surface area (Å²) in [6, 6.07) is 7.29. The molecule has 0 bridgehead atoms. The number of nitrogens with two attached hydrogens (primary N) is 1. The zero-order valence-corrected chi connectivity index (χ0v) is 12.8. The SMILES string of the molecule is CCCOc1cccc(-c2nnc(S(N)(=O)=O)n2CC)c1. The predicted molar refractivity (Wildman–Crippen MR) is 78.3 cm³/mol. The third-order valence-electron chi connectivity index (χ3n) is 2.85. The summed E-state index contributed by atoms with van der Waals surface area (Å²) in [5.41, 5.74) is 0.729. The monoisotopic (exact) mass is 310 g/mol. The molecular formula is C13H18N4O3S. The van der Waals surface area contributed by atoms with E-state index >= 15 is 0 Å². The number of ether oxygens (including phenoxy) is 1. The van der Waals surface area contributed by atoms with Crippen molar-refractivity contribution >= 4 is 10.0 Å². The van der Waals surface area contributed by atoms with E-state index in [0.717, 1.165) is 12.0 Å². The van der Waals surface area contributed by atoms with Crippen LogP contribution in [0.3, 0.4) is 0 Å². The Kier molecular flexibility index (Phi) is 4.59. The molecule has 0 amide bonds. The largest absolute Gasteiger partial charge is 0.494 e. The molecule has 0 aliphatic carbocycles. The molecule has 2 rings (SSSR count). The Hall–Kier alpha value is -1.93. The zero-order valence-electron chi connectivity index (χ0n) is 12.0. The normalized spacial score (nSPS) is 11.6. The Morgan fingerprint density at radius 2 is 2.05 bits per heavy atom. The molecule has 0 aliphatic rings. The van der Waals surface area contributed by atoms with Crippen molar-refractivity contribution in [3.05, 3.63) is 24.3 Å². The van der Waals surface area contributed by atoms with Gasteiger partial charge in [0.2, 0.25) is 0 Å². The molecular weight excluding hydrogens is 292 g/mol. The maximum absolute atomic E-state index is 11.5. The van der Waals surface area contributed by atoms with Gasteiger partial charge in [-0.3, -0.25) is 4.57 Å². The van der Waals surface area contributed by atoms with E-state index in [-0.39, 0.29) is 5.16 Å². The minimum absolute atomic E-state index is 0.236. The van der Waals surface area contributed by atoms with Crippen LogP contribution < -0.4 is 9.88 Å². The number of hydrogen-bond donors (Lipinski definition) is 1. The van der Waals surface area contributed by atoms with Crippen LogP contribution in [0.5, 0.6) is 5.75 Å². The molecule has 0 atom stereocenters. The first-order chi connectivity index (χ1) is 9.97. The van der Waals surface area contributed by atoms with E-state index in [1.54, 1.807) is 13.0 Å². The summed E-state index contributed by atoms with van der Waals surface area (Å²) in [7, 11) is -3.90. The molecule has 0 fully saturated rings. The summed E-state index contributed by atoms with van der Waals surface area (Å²) < 4.78 is 30.0. The first kappa shape index (κ1) is 15.5. The maximum atomic E-state index is 11.5. The van der Waals surface area contributed by atoms with Gasteiger partial charge in [-0.2, -0.15) is 0 Å². The molecule has 0 saturated carbocycles. The van der Waals surface area contributed by atoms with Gasteiger partial charge < -0.3 is 4.74 Å². The van der Waals surface area contributed by atoms with Crippen molar-refractivity contribution in [3.63, 3.8) is 0 Å². The van der Waals surface area contributed by atoms with Crippen molar-refractivity contribution in [2.45, 2.75) is 32.0 Å². The molecule has 0 radical (unpaired) electrons. The summed E-state index contributed by atoms with van der Waals surface area (Å²) >= 11 is 0. The topological polar surface area (TPSA) is 100 Å². The first-order valence-electron chi connectivity index (χ1n) is 6.66. The fourth-order valence-electron chi connectivity index (χ4n) is 1.94. The number of benzene rings is 1. The minimum Gasteiger partial charge on any atom is -0.494 e. The molecule has 1 aromatic carbocycles. The van der Waals surface area contributed by atoms with E-state index in [1.165, 1.54) is 4.57 Å². The zero-order chi connectivity index (χ0) is 15.5. The maximum Gasteiger partial charge on any atom is 0.273 e. The number of nitrogens with zero attached hydrogens (tertiary/aromatic N) is 3. The van der Waals surface area contributed by atoms with Crippen LogP contribution in [0.25, 0.3) is 11.4 Å². The van der Waals surface area contributed by atoms with Crippen LogP contribution in [0.1, 0.15) is 20.3 Å². The van der Waals surface area contributed by atoms with E-state index in [2.05, 4.69) is 10.2 Å². The molecule has 114 valence electrons. The third kappa shape index (κ3) is 3.40. The minimum atomic E-state index is -3.90. The second-order valence-corrected chi connectivity index (χ2v) is 5.93. The molecule has 21 heavy (non-hydrogen) atoms. The lowest BCUT2D eigenvalue weighted by Crippen LogP contribution is -2.18. The molecule has 1 heterocycles. The van der Waals surface area contributed by atoms with Gasteiger partial charge in [0.25, 0.3) is 15.2 Å². The Morgan fingerprint density at radius 3 is 2.67 bits per heavy atom. The lowest BCUT2D eigenvalue weighted by molar-refractivity contribution is 0.317. The average molecular weight is 310 g/mol. The molecule has 1 aromatic heterocycles. The summed E-state index contributed by atoms with van der Waals surface area (Å²) in [6.07, 6.45) is 0.908. The highest BCUT2D eigenvalue weighted by Gasteiger charge is 2.21. The number of primary sulfonamides is 1. The average Bonchev–Trinajstić information content (AvgIpc) is 2.89. The number of sulfonamides is 1. The van der Waals surface area contributed by atoms with Gasteiger partial charge in [0.05, 0.1) is 6.61 Å². The van der Waals surface area contributed by atoms with E-state index in [1.807, 2.05) is 25.1 Å². The van der Waals surface area contributed by atoms with Gasteiger partial charge in [0.1, 0.15) is 5.75 Å². The Balaban J connectivity index is 2.45. The predicted octanol–water partition coefficient (Wildman–Crippen LogP) is 1.40. The number of rotatable bonds is 6. The standard InChI is InChI=1S/C13H18N4O3S/c1-3-8-20-11-7-5-6-10(9-11)12-15-16-13(17(12)4-2)21(14,18)19/h5-7,9H,3-4,8H2,1-2H3,(H2,14,18,19). The quantitative estimate of drug-likeness (QED) is 0.869. The van der Waals surface area contributed by atoms with Crippen molar-refractivity contribution in [2.24, 2.45) is 5.14 Å². The first-order valence-corrected chi connectivity index (χ1v) is 8.21. The second kappa shape index (κ2) is 6.23. The van der Waals surface area contributed by atoms with Gasteiger partial charge in [-0.25, -0.2) is 13.6 Å². The Bertz CT molecular complexity index is 725. The highest BCUT2D eigenvalue weighted by atomic mass is 32.2. The number of hydrogen-bond acceptors (Lipinski definition) is 5. The summed E-state index contributed by atoms with van der Waals surface area (Å²) in [5, 5.41) is 12.5. The third-order valence-corrected chi connectivity index (χ3v) is 3.66. The van der Waals surface area contributed by atoms with Gasteiger partial charge in [0.15, 0.2) is 5.82 Å². The second-order valence-electron chi connectivity index (χ2n) is 4.47. The molecule has 0 saturated heterocycles. The fourth-order valence-corrected chi connectivity index (χ4v) is 2.62. The van der Waals surface area contributed by atoms with Crippen molar-refractivity contribution in [1.29, 1.82) is 0 Å². The Morgan fingerprint density at radius 1 is 1.29 bits per heavy atom. The van der Waals surface area contributed by atoms with Gasteiger partial charge in [0, 0.05) is 12.1 Å². The van der Waals surface area contributed by atoms with E-state index < -0.39 is 10.0 Å². The van der Waals surface area contributed by atoms with Crippen LogP contribution >= 0.6 is 0 Å². The van der Waals surface area contributed by atoms with Gasteiger partial charge >= 0.3 is 0 Å². The smallest absolute Gasteiger partial charge is 0.273 e. The molecule has 2 N–H and O–H groups in total. The molecule has 0 spiro atoms. The van der Waals surface area contributed by atoms with E-state index in [0.29, 0.717) is 24.7 Å². The lowest BCUT2D eigenvalue weighted by Gasteiger charge is -2.08. The highest BCUT2D eigenvalue weighted by Crippen LogP contribution is 2.24. The molecule has 7 nitrogen and oxygen atoms in total. The molecule has 0 aliphatic heterocycles. The van der Waals surface area contributed by atoms with Crippen LogP contribution in [-0.2, 0) is 16.6 Å². The van der Waals surface area contributed by atoms with Gasteiger partial charge in [-0.15, -0.1) is 10.2 Å². The molecule has 0 unspecified atom stereocenters. The van der Waals surface area contributed by atoms with Crippen LogP contribution in [0.2, 0.25) is 0 Å². The van der Waals surface area contributed by atoms with E-state index in [4.69, 9.17) is 9.88 Å². The van der Waals surface area contributed by atoms with Crippen molar-refractivity contribution in [3.8, 4) is 17.1 Å². The van der Waals surface area contributed by atoms with Crippen molar-refractivity contribution < 1.29 is 13.2 Å². The highest BCUT2D eigenvalue weighted by molar-refractivity contribution is 7.89. The molecule has 2 aromatic rings. The molecule has 8 heteroatoms. The van der Waals surface area contributed by atoms with Gasteiger partial charge in [-0.1, -0.05) is 19.1 Å². The van der Waals surface area contributed by atoms with Gasteiger partial charge in [-0.05, 0) is 25.5 Å².